The minimum Gasteiger partial charge on any atom is -0.496 e. The van der Waals surface area contributed by atoms with Gasteiger partial charge in [0.25, 0.3) is 5.56 Å². The molecule has 0 aliphatic carbocycles. The lowest BCUT2D eigenvalue weighted by Crippen LogP contribution is -2.23. The predicted octanol–water partition coefficient (Wildman–Crippen LogP) is 5.71. The Balaban J connectivity index is 1.38. The maximum atomic E-state index is 13.4. The number of ether oxygens (including phenoxy) is 2. The second-order valence-corrected chi connectivity index (χ2v) is 10.7. The molecular weight excluding hydrogens is 534 g/mol. The maximum Gasteiger partial charge on any atom is 0.291 e. The van der Waals surface area contributed by atoms with Crippen LogP contribution >= 0.6 is 11.3 Å². The van der Waals surface area contributed by atoms with Crippen LogP contribution in [0, 0.1) is 6.92 Å². The van der Waals surface area contributed by atoms with Gasteiger partial charge in [-0.2, -0.15) is 14.6 Å². The molecule has 3 aromatic carbocycles. The minimum atomic E-state index is -0.215. The summed E-state index contributed by atoms with van der Waals surface area (Å²) in [6.45, 7) is 4.83. The number of hydrogen-bond donors (Lipinski definition) is 0. The minimum absolute atomic E-state index is 0.215. The molecule has 0 spiro atoms. The summed E-state index contributed by atoms with van der Waals surface area (Å²) >= 11 is 1.31. The number of thiazole rings is 1. The van der Waals surface area contributed by atoms with E-state index in [9.17, 15) is 4.79 Å². The highest BCUT2D eigenvalue weighted by Gasteiger charge is 2.16. The first-order valence-electron chi connectivity index (χ1n) is 13.5. The van der Waals surface area contributed by atoms with Gasteiger partial charge in [-0.3, -0.25) is 4.79 Å². The van der Waals surface area contributed by atoms with E-state index >= 15 is 0 Å². The van der Waals surface area contributed by atoms with Crippen LogP contribution in [-0.2, 0) is 0 Å². The number of benzene rings is 3. The molecule has 0 amide bonds. The first-order valence-corrected chi connectivity index (χ1v) is 14.3. The van der Waals surface area contributed by atoms with Crippen LogP contribution in [0.2, 0.25) is 0 Å². The molecule has 0 radical (unpaired) electrons. The van der Waals surface area contributed by atoms with Gasteiger partial charge in [0.05, 0.1) is 23.9 Å². The second-order valence-electron chi connectivity index (χ2n) is 9.67. The monoisotopic (exact) mass is 563 g/mol. The normalized spacial score (nSPS) is 11.8. The van der Waals surface area contributed by atoms with Gasteiger partial charge in [0, 0.05) is 22.9 Å². The summed E-state index contributed by atoms with van der Waals surface area (Å²) < 4.78 is 14.9. The van der Waals surface area contributed by atoms with Crippen LogP contribution in [0.25, 0.3) is 39.4 Å². The van der Waals surface area contributed by atoms with Crippen LogP contribution in [0.3, 0.4) is 0 Å². The zero-order valence-corrected chi connectivity index (χ0v) is 23.9. The largest absolute Gasteiger partial charge is 0.496 e. The van der Waals surface area contributed by atoms with E-state index in [2.05, 4.69) is 17.0 Å². The van der Waals surface area contributed by atoms with Crippen molar-refractivity contribution in [3.8, 4) is 39.8 Å². The average Bonchev–Trinajstić information content (AvgIpc) is 3.69. The molecule has 3 heterocycles. The Morgan fingerprint density at radius 1 is 0.976 bits per heavy atom. The van der Waals surface area contributed by atoms with Gasteiger partial charge in [-0.05, 0) is 79.6 Å². The molecule has 0 aliphatic rings. The van der Waals surface area contributed by atoms with Crippen molar-refractivity contribution in [2.24, 2.45) is 0 Å². The molecule has 3 aromatic heterocycles. The zero-order chi connectivity index (χ0) is 28.3. The van der Waals surface area contributed by atoms with Crippen LogP contribution < -0.4 is 19.6 Å². The lowest BCUT2D eigenvalue weighted by molar-refractivity contribution is 0.309. The number of methoxy groups -OCH3 is 1. The molecule has 0 N–H and O–H groups in total. The summed E-state index contributed by atoms with van der Waals surface area (Å²) in [5.41, 5.74) is 5.05. The second kappa shape index (κ2) is 11.4. The third-order valence-corrected chi connectivity index (χ3v) is 7.74. The van der Waals surface area contributed by atoms with Gasteiger partial charge in [-0.25, -0.2) is 4.68 Å². The fourth-order valence-electron chi connectivity index (χ4n) is 4.59. The molecule has 41 heavy (non-hydrogen) atoms. The highest BCUT2D eigenvalue weighted by molar-refractivity contribution is 7.15. The Kier molecular flexibility index (Phi) is 7.35. The van der Waals surface area contributed by atoms with Crippen molar-refractivity contribution >= 4 is 22.4 Å². The van der Waals surface area contributed by atoms with Gasteiger partial charge in [-0.15, -0.1) is 5.10 Å². The van der Waals surface area contributed by atoms with E-state index in [1.807, 2.05) is 96.7 Å². The number of nitrogens with zero attached hydrogens (tertiary/aromatic N) is 5. The lowest BCUT2D eigenvalue weighted by atomic mass is 10.0. The number of unbranched alkanes of at least 4 members (excludes halogenated alkanes) is 1. The molecule has 0 saturated carbocycles. The molecule has 6 rings (SSSR count). The number of hydrogen-bond acceptors (Lipinski definition) is 7. The van der Waals surface area contributed by atoms with Gasteiger partial charge < -0.3 is 9.47 Å². The Hall–Kier alpha value is -4.76. The Morgan fingerprint density at radius 3 is 2.46 bits per heavy atom. The molecule has 0 fully saturated rings. The Morgan fingerprint density at radius 2 is 1.76 bits per heavy atom. The van der Waals surface area contributed by atoms with Gasteiger partial charge >= 0.3 is 0 Å². The summed E-state index contributed by atoms with van der Waals surface area (Å²) in [5.74, 6) is 2.12. The Labute approximate surface area is 241 Å². The fraction of sp³-hybridized carbons (Fsp3) is 0.188. The molecular formula is C32H29N5O3S. The van der Waals surface area contributed by atoms with Crippen LogP contribution in [0.1, 0.15) is 30.9 Å². The topological polar surface area (TPSA) is 83.5 Å². The van der Waals surface area contributed by atoms with E-state index in [4.69, 9.17) is 14.6 Å². The molecule has 0 atom stereocenters. The highest BCUT2D eigenvalue weighted by Crippen LogP contribution is 2.29. The van der Waals surface area contributed by atoms with E-state index in [-0.39, 0.29) is 5.56 Å². The fourth-order valence-corrected chi connectivity index (χ4v) is 5.49. The molecule has 9 heteroatoms. The van der Waals surface area contributed by atoms with Crippen LogP contribution in [0.15, 0.2) is 83.8 Å². The molecule has 8 nitrogen and oxygen atoms in total. The molecule has 0 unspecified atom stereocenters. The van der Waals surface area contributed by atoms with Crippen molar-refractivity contribution in [2.45, 2.75) is 26.7 Å². The summed E-state index contributed by atoms with van der Waals surface area (Å²) in [6.07, 6.45) is 5.91. The molecule has 0 bridgehead atoms. The van der Waals surface area contributed by atoms with Crippen molar-refractivity contribution < 1.29 is 9.47 Å². The number of rotatable bonds is 9. The van der Waals surface area contributed by atoms with Crippen molar-refractivity contribution in [2.75, 3.05) is 13.7 Å². The predicted molar refractivity (Wildman–Crippen MR) is 162 cm³/mol. The number of fused-ring (bicyclic) bond motifs is 1. The van der Waals surface area contributed by atoms with Crippen molar-refractivity contribution in [3.63, 3.8) is 0 Å². The first-order chi connectivity index (χ1) is 20.0. The number of aromatic nitrogens is 5. The van der Waals surface area contributed by atoms with Gasteiger partial charge in [0.1, 0.15) is 17.2 Å². The maximum absolute atomic E-state index is 13.4. The third kappa shape index (κ3) is 5.36. The van der Waals surface area contributed by atoms with Gasteiger partial charge in [0.15, 0.2) is 5.82 Å². The van der Waals surface area contributed by atoms with E-state index in [1.165, 1.54) is 15.9 Å². The highest BCUT2D eigenvalue weighted by atomic mass is 32.1. The zero-order valence-electron chi connectivity index (χ0n) is 23.1. The van der Waals surface area contributed by atoms with Crippen molar-refractivity contribution in [3.05, 3.63) is 105 Å². The SMILES string of the molecule is CCCCOc1ccc(-c2nc3s/c(=C\c4cn(-c5ccccc5)nc4-c4ccc(OC)c(C)c4)c(=O)n3n2)cc1. The van der Waals surface area contributed by atoms with Gasteiger partial charge in [0.2, 0.25) is 4.96 Å². The standard InChI is InChI=1S/C32H29N5O3S/c1-4-5-17-40-26-14-11-22(12-15-26)30-33-32-37(35-30)31(38)28(41-32)19-24-20-36(25-9-7-6-8-10-25)34-29(24)23-13-16-27(39-3)21(2)18-23/h6-16,18-20H,4-5,17H2,1-3H3/b28-19-. The number of para-hydroxylation sites is 1. The van der Waals surface area contributed by atoms with E-state index < -0.39 is 0 Å². The van der Waals surface area contributed by atoms with Gasteiger partial charge in [-0.1, -0.05) is 42.9 Å². The first kappa shape index (κ1) is 26.5. The summed E-state index contributed by atoms with van der Waals surface area (Å²) in [5, 5.41) is 9.42. The average molecular weight is 564 g/mol. The Bertz CT molecular complexity index is 1920. The smallest absolute Gasteiger partial charge is 0.291 e. The molecule has 6 aromatic rings. The molecule has 0 saturated heterocycles. The van der Waals surface area contributed by atoms with Crippen LogP contribution in [0.4, 0.5) is 0 Å². The summed E-state index contributed by atoms with van der Waals surface area (Å²) in [7, 11) is 1.66. The number of aryl methyl sites for hydroxylation is 1. The lowest BCUT2D eigenvalue weighted by Gasteiger charge is -2.06. The third-order valence-electron chi connectivity index (χ3n) is 6.78. The van der Waals surface area contributed by atoms with Crippen molar-refractivity contribution in [1.29, 1.82) is 0 Å². The molecule has 0 aliphatic heterocycles. The summed E-state index contributed by atoms with van der Waals surface area (Å²) in [6, 6.07) is 23.5. The van der Waals surface area contributed by atoms with Crippen LogP contribution in [-0.4, -0.2) is 38.1 Å². The van der Waals surface area contributed by atoms with E-state index in [0.717, 1.165) is 58.0 Å². The summed E-state index contributed by atoms with van der Waals surface area (Å²) in [4.78, 5) is 18.6. The van der Waals surface area contributed by atoms with E-state index in [0.29, 0.717) is 21.9 Å². The van der Waals surface area contributed by atoms with Crippen LogP contribution in [0.5, 0.6) is 11.5 Å². The van der Waals surface area contributed by atoms with E-state index in [1.54, 1.807) is 7.11 Å². The molecule has 206 valence electrons. The quantitative estimate of drug-likeness (QED) is 0.210. The van der Waals surface area contributed by atoms with Crippen molar-refractivity contribution in [1.82, 2.24) is 24.4 Å².